The SMILES string of the molecule is CC1=[N+](O)C(C)CN1. The first kappa shape index (κ1) is 5.41. The van der Waals surface area contributed by atoms with Crippen molar-refractivity contribution >= 4 is 5.84 Å². The van der Waals surface area contributed by atoms with Crippen LogP contribution in [0.2, 0.25) is 0 Å². The maximum absolute atomic E-state index is 9.00. The van der Waals surface area contributed by atoms with Crippen LogP contribution in [0.5, 0.6) is 0 Å². The fourth-order valence-electron chi connectivity index (χ4n) is 0.793. The summed E-state index contributed by atoms with van der Waals surface area (Å²) in [6.07, 6.45) is 0. The molecule has 3 heteroatoms. The average Bonchev–Trinajstić information content (AvgIpc) is 1.98. The number of hydrogen-bond acceptors (Lipinski definition) is 2. The number of nitrogens with zero attached hydrogens (tertiary/aromatic N) is 1. The molecule has 0 bridgehead atoms. The highest BCUT2D eigenvalue weighted by Crippen LogP contribution is 1.92. The molecule has 0 fully saturated rings. The minimum Gasteiger partial charge on any atom is -0.355 e. The molecular formula is C5H11N2O+. The highest BCUT2D eigenvalue weighted by molar-refractivity contribution is 5.75. The van der Waals surface area contributed by atoms with Crippen molar-refractivity contribution in [1.29, 1.82) is 0 Å². The van der Waals surface area contributed by atoms with Crippen molar-refractivity contribution in [2.75, 3.05) is 6.54 Å². The molecule has 0 aliphatic carbocycles. The van der Waals surface area contributed by atoms with E-state index in [2.05, 4.69) is 5.32 Å². The van der Waals surface area contributed by atoms with Gasteiger partial charge >= 0.3 is 0 Å². The first-order chi connectivity index (χ1) is 3.72. The van der Waals surface area contributed by atoms with Gasteiger partial charge in [-0.2, -0.15) is 0 Å². The molecule has 3 nitrogen and oxygen atoms in total. The maximum atomic E-state index is 9.00. The predicted molar refractivity (Wildman–Crippen MR) is 30.2 cm³/mol. The number of hydrogen-bond donors (Lipinski definition) is 2. The molecule has 1 rings (SSSR count). The summed E-state index contributed by atoms with van der Waals surface area (Å²) in [7, 11) is 0. The van der Waals surface area contributed by atoms with Crippen molar-refractivity contribution in [2.24, 2.45) is 0 Å². The summed E-state index contributed by atoms with van der Waals surface area (Å²) in [5.41, 5.74) is 0. The first-order valence-corrected chi connectivity index (χ1v) is 2.77. The Labute approximate surface area is 48.6 Å². The van der Waals surface area contributed by atoms with Gasteiger partial charge in [0.1, 0.15) is 6.54 Å². The lowest BCUT2D eigenvalue weighted by molar-refractivity contribution is -0.790. The van der Waals surface area contributed by atoms with Crippen molar-refractivity contribution in [3.63, 3.8) is 0 Å². The van der Waals surface area contributed by atoms with Gasteiger partial charge < -0.3 is 5.21 Å². The predicted octanol–water partition coefficient (Wildman–Crippen LogP) is -0.202. The number of amidine groups is 1. The van der Waals surface area contributed by atoms with Gasteiger partial charge in [0.25, 0.3) is 5.84 Å². The van der Waals surface area contributed by atoms with Crippen LogP contribution in [0.3, 0.4) is 0 Å². The average molecular weight is 115 g/mol. The third-order valence-electron chi connectivity index (χ3n) is 1.41. The summed E-state index contributed by atoms with van der Waals surface area (Å²) in [6.45, 7) is 4.66. The van der Waals surface area contributed by atoms with E-state index in [4.69, 9.17) is 5.21 Å². The molecule has 0 saturated heterocycles. The van der Waals surface area contributed by atoms with E-state index in [-0.39, 0.29) is 6.04 Å². The van der Waals surface area contributed by atoms with Crippen LogP contribution < -0.4 is 5.32 Å². The lowest BCUT2D eigenvalue weighted by Gasteiger charge is -1.93. The highest BCUT2D eigenvalue weighted by atomic mass is 16.5. The second-order valence-electron chi connectivity index (χ2n) is 2.16. The van der Waals surface area contributed by atoms with Gasteiger partial charge in [-0.3, -0.25) is 5.32 Å². The zero-order valence-electron chi connectivity index (χ0n) is 5.18. The van der Waals surface area contributed by atoms with E-state index in [0.717, 1.165) is 12.4 Å². The molecule has 0 saturated carbocycles. The second-order valence-corrected chi connectivity index (χ2v) is 2.16. The summed E-state index contributed by atoms with van der Waals surface area (Å²) < 4.78 is 1.25. The Morgan fingerprint density at radius 2 is 2.50 bits per heavy atom. The minimum absolute atomic E-state index is 0.231. The monoisotopic (exact) mass is 115 g/mol. The van der Waals surface area contributed by atoms with Crippen LogP contribution in [0, 0.1) is 0 Å². The minimum atomic E-state index is 0.231. The number of hydroxylamine groups is 1. The van der Waals surface area contributed by atoms with Gasteiger partial charge in [0, 0.05) is 6.92 Å². The molecule has 1 aliphatic rings. The van der Waals surface area contributed by atoms with Crippen LogP contribution >= 0.6 is 0 Å². The van der Waals surface area contributed by atoms with Gasteiger partial charge in [-0.25, -0.2) is 0 Å². The lowest BCUT2D eigenvalue weighted by Crippen LogP contribution is -2.18. The highest BCUT2D eigenvalue weighted by Gasteiger charge is 2.23. The third-order valence-corrected chi connectivity index (χ3v) is 1.41. The van der Waals surface area contributed by atoms with Crippen LogP contribution in [0.4, 0.5) is 0 Å². The van der Waals surface area contributed by atoms with Crippen LogP contribution in [0.1, 0.15) is 13.8 Å². The molecule has 46 valence electrons. The van der Waals surface area contributed by atoms with E-state index < -0.39 is 0 Å². The van der Waals surface area contributed by atoms with Crippen LogP contribution in [0.25, 0.3) is 0 Å². The summed E-state index contributed by atoms with van der Waals surface area (Å²) in [5, 5.41) is 12.0. The molecule has 0 radical (unpaired) electrons. The topological polar surface area (TPSA) is 35.3 Å². The van der Waals surface area contributed by atoms with Gasteiger partial charge in [0.15, 0.2) is 6.04 Å². The molecule has 1 unspecified atom stereocenters. The van der Waals surface area contributed by atoms with Crippen molar-refractivity contribution in [1.82, 2.24) is 5.32 Å². The molecule has 2 N–H and O–H groups in total. The Kier molecular flexibility index (Phi) is 1.12. The fraction of sp³-hybridized carbons (Fsp3) is 0.800. The van der Waals surface area contributed by atoms with Crippen LogP contribution in [-0.4, -0.2) is 28.4 Å². The van der Waals surface area contributed by atoms with Gasteiger partial charge in [0.2, 0.25) is 0 Å². The lowest BCUT2D eigenvalue weighted by atomic mass is 10.4. The summed E-state index contributed by atoms with van der Waals surface area (Å²) in [5.74, 6) is 0.845. The van der Waals surface area contributed by atoms with E-state index in [0.29, 0.717) is 0 Å². The molecule has 0 aromatic rings. The Morgan fingerprint density at radius 1 is 1.88 bits per heavy atom. The van der Waals surface area contributed by atoms with E-state index in [1.165, 1.54) is 4.74 Å². The van der Waals surface area contributed by atoms with Crippen molar-refractivity contribution < 1.29 is 9.95 Å². The Hall–Kier alpha value is -0.730. The molecule has 0 spiro atoms. The molecule has 1 heterocycles. The van der Waals surface area contributed by atoms with Crippen molar-refractivity contribution in [3.8, 4) is 0 Å². The van der Waals surface area contributed by atoms with Gasteiger partial charge in [-0.05, 0) is 6.92 Å². The van der Waals surface area contributed by atoms with E-state index in [1.54, 1.807) is 0 Å². The first-order valence-electron chi connectivity index (χ1n) is 2.77. The molecule has 1 atom stereocenters. The largest absolute Gasteiger partial charge is 0.355 e. The standard InChI is InChI=1S/C5H10N2O/c1-4-3-6-5(2)7(4)8/h4,8H,3H2,1-2H3/p+1. The fourth-order valence-corrected chi connectivity index (χ4v) is 0.793. The van der Waals surface area contributed by atoms with Crippen LogP contribution in [-0.2, 0) is 0 Å². The van der Waals surface area contributed by atoms with Gasteiger partial charge in [0.05, 0.1) is 0 Å². The molecule has 8 heavy (non-hydrogen) atoms. The summed E-state index contributed by atoms with van der Waals surface area (Å²) in [6, 6.07) is 0.231. The Balaban J connectivity index is 2.71. The maximum Gasteiger partial charge on any atom is 0.281 e. The number of rotatable bonds is 0. The van der Waals surface area contributed by atoms with E-state index in [1.807, 2.05) is 13.8 Å². The second kappa shape index (κ2) is 1.65. The Bertz CT molecular complexity index is 130. The van der Waals surface area contributed by atoms with E-state index >= 15 is 0 Å². The molecule has 0 amide bonds. The molecule has 0 aromatic heterocycles. The van der Waals surface area contributed by atoms with Crippen molar-refractivity contribution in [2.45, 2.75) is 19.9 Å². The van der Waals surface area contributed by atoms with E-state index in [9.17, 15) is 0 Å². The zero-order valence-corrected chi connectivity index (χ0v) is 5.18. The quantitative estimate of drug-likeness (QED) is 0.338. The molecular weight excluding hydrogens is 104 g/mol. The third kappa shape index (κ3) is 0.638. The van der Waals surface area contributed by atoms with Gasteiger partial charge in [-0.1, -0.05) is 4.74 Å². The van der Waals surface area contributed by atoms with Crippen LogP contribution in [0.15, 0.2) is 0 Å². The van der Waals surface area contributed by atoms with Crippen molar-refractivity contribution in [3.05, 3.63) is 0 Å². The smallest absolute Gasteiger partial charge is 0.281 e. The summed E-state index contributed by atoms with van der Waals surface area (Å²) in [4.78, 5) is 0. The summed E-state index contributed by atoms with van der Waals surface area (Å²) >= 11 is 0. The molecule has 1 aliphatic heterocycles. The Morgan fingerprint density at radius 3 is 2.62 bits per heavy atom. The normalized spacial score (nSPS) is 28.5. The zero-order chi connectivity index (χ0) is 6.15. The van der Waals surface area contributed by atoms with Gasteiger partial charge in [-0.15, -0.1) is 0 Å². The molecule has 0 aromatic carbocycles. The number of nitrogens with one attached hydrogen (secondary N) is 1.